The Balaban J connectivity index is 0.00000243. The number of hydrogen-bond acceptors (Lipinski definition) is 3. The molecule has 26 heavy (non-hydrogen) atoms. The van der Waals surface area contributed by atoms with Gasteiger partial charge in [-0.2, -0.15) is 4.57 Å². The van der Waals surface area contributed by atoms with Crippen molar-refractivity contribution < 1.29 is 42.8 Å². The first-order valence-corrected chi connectivity index (χ1v) is 8.04. The minimum Gasteiger partial charge on any atom is -1.00 e. The van der Waals surface area contributed by atoms with Crippen LogP contribution in [0.3, 0.4) is 0 Å². The van der Waals surface area contributed by atoms with Crippen LogP contribution >= 0.6 is 0 Å². The summed E-state index contributed by atoms with van der Waals surface area (Å²) in [7, 11) is 6.91. The predicted molar refractivity (Wildman–Crippen MR) is 100 cm³/mol. The molecule has 136 valence electrons. The summed E-state index contributed by atoms with van der Waals surface area (Å²) < 4.78 is 18.5. The highest BCUT2D eigenvalue weighted by Crippen LogP contribution is 2.40. The number of para-hydroxylation sites is 1. The van der Waals surface area contributed by atoms with E-state index < -0.39 is 0 Å². The fraction of sp³-hybridized carbons (Fsp3) is 0.190. The van der Waals surface area contributed by atoms with Crippen LogP contribution in [0.25, 0.3) is 23.1 Å². The molecule has 1 aromatic heterocycles. The van der Waals surface area contributed by atoms with Crippen LogP contribution in [0.4, 0.5) is 0 Å². The number of hydrogen-bond donors (Lipinski definition) is 0. The number of pyridine rings is 1. The normalized spacial score (nSPS) is 10.6. The van der Waals surface area contributed by atoms with Crippen LogP contribution in [0.1, 0.15) is 11.3 Å². The van der Waals surface area contributed by atoms with Crippen molar-refractivity contribution in [2.75, 3.05) is 21.3 Å². The van der Waals surface area contributed by atoms with Crippen molar-refractivity contribution in [3.8, 4) is 17.2 Å². The predicted octanol–water partition coefficient (Wildman–Crippen LogP) is 0.865. The highest BCUT2D eigenvalue weighted by molar-refractivity contribution is 5.78. The molecular weight excluding hydrogens is 441 g/mol. The monoisotopic (exact) mass is 463 g/mol. The van der Waals surface area contributed by atoms with Gasteiger partial charge in [0.05, 0.1) is 21.3 Å². The molecule has 0 aliphatic heterocycles. The molecular formula is C21H22INO3. The summed E-state index contributed by atoms with van der Waals surface area (Å²) in [6, 6.07) is 16.4. The highest BCUT2D eigenvalue weighted by Gasteiger charge is 2.15. The maximum atomic E-state index is 5.54. The second kappa shape index (κ2) is 8.89. The molecule has 0 saturated carbocycles. The van der Waals surface area contributed by atoms with Gasteiger partial charge < -0.3 is 38.2 Å². The van der Waals surface area contributed by atoms with Gasteiger partial charge in [0.2, 0.25) is 17.0 Å². The van der Waals surface area contributed by atoms with Gasteiger partial charge in [-0.3, -0.25) is 0 Å². The topological polar surface area (TPSA) is 31.6 Å². The fourth-order valence-electron chi connectivity index (χ4n) is 2.96. The largest absolute Gasteiger partial charge is 1.00 e. The van der Waals surface area contributed by atoms with E-state index in [2.05, 4.69) is 42.0 Å². The first-order valence-electron chi connectivity index (χ1n) is 8.04. The second-order valence-corrected chi connectivity index (χ2v) is 5.63. The molecule has 2 aromatic carbocycles. The van der Waals surface area contributed by atoms with E-state index in [1.807, 2.05) is 30.3 Å². The van der Waals surface area contributed by atoms with E-state index in [0.29, 0.717) is 17.2 Å². The van der Waals surface area contributed by atoms with Crippen LogP contribution in [-0.2, 0) is 7.05 Å². The molecule has 4 nitrogen and oxygen atoms in total. The maximum Gasteiger partial charge on any atom is 0.212 e. The van der Waals surface area contributed by atoms with E-state index in [9.17, 15) is 0 Å². The molecule has 3 rings (SSSR count). The Kier molecular flexibility index (Phi) is 6.85. The number of methoxy groups -OCH3 is 3. The molecule has 0 radical (unpaired) electrons. The van der Waals surface area contributed by atoms with Crippen LogP contribution in [0, 0.1) is 0 Å². The molecule has 5 heteroatoms. The number of fused-ring (bicyclic) bond motifs is 1. The number of benzene rings is 2. The third-order valence-corrected chi connectivity index (χ3v) is 4.29. The first-order chi connectivity index (χ1) is 12.2. The van der Waals surface area contributed by atoms with Crippen LogP contribution in [0.5, 0.6) is 17.2 Å². The SMILES string of the molecule is COc1ccc(C=Cc2ccc3ccccc3[n+]2C)c(OC)c1OC.[I-]. The maximum absolute atomic E-state index is 5.54. The lowest BCUT2D eigenvalue weighted by Gasteiger charge is -2.13. The molecule has 0 bridgehead atoms. The van der Waals surface area contributed by atoms with E-state index in [0.717, 1.165) is 11.3 Å². The van der Waals surface area contributed by atoms with Crippen molar-refractivity contribution in [3.63, 3.8) is 0 Å². The number of aryl methyl sites for hydroxylation is 1. The van der Waals surface area contributed by atoms with Gasteiger partial charge >= 0.3 is 0 Å². The number of halogens is 1. The molecule has 3 aromatic rings. The third-order valence-electron chi connectivity index (χ3n) is 4.29. The number of ether oxygens (including phenoxy) is 3. The van der Waals surface area contributed by atoms with Crippen molar-refractivity contribution in [3.05, 3.63) is 59.8 Å². The molecule has 0 fully saturated rings. The van der Waals surface area contributed by atoms with E-state index in [1.165, 1.54) is 10.9 Å². The highest BCUT2D eigenvalue weighted by atomic mass is 127. The average Bonchev–Trinajstić information content (AvgIpc) is 2.66. The van der Waals surface area contributed by atoms with Crippen LogP contribution in [0.2, 0.25) is 0 Å². The van der Waals surface area contributed by atoms with Gasteiger partial charge in [-0.05, 0) is 30.3 Å². The molecule has 0 N–H and O–H groups in total. The third kappa shape index (κ3) is 3.77. The van der Waals surface area contributed by atoms with Gasteiger partial charge in [0, 0.05) is 29.2 Å². The molecule has 0 amide bonds. The molecule has 0 spiro atoms. The standard InChI is InChI=1S/C21H22NO3.HI/c1-22-17(12-9-15-7-5-6-8-18(15)22)13-10-16-11-14-19(23-2)21(25-4)20(16)24-3;/h5-14H,1-4H3;1H/q+1;/p-1. The smallest absolute Gasteiger partial charge is 0.212 e. The Bertz CT molecular complexity index is 938. The number of nitrogens with zero attached hydrogens (tertiary/aromatic N) is 1. The summed E-state index contributed by atoms with van der Waals surface area (Å²) in [4.78, 5) is 0. The van der Waals surface area contributed by atoms with E-state index >= 15 is 0 Å². The second-order valence-electron chi connectivity index (χ2n) is 5.63. The summed E-state index contributed by atoms with van der Waals surface area (Å²) in [5, 5.41) is 1.21. The van der Waals surface area contributed by atoms with Crippen molar-refractivity contribution in [2.45, 2.75) is 0 Å². The van der Waals surface area contributed by atoms with Gasteiger partial charge in [0.15, 0.2) is 11.5 Å². The summed E-state index contributed by atoms with van der Waals surface area (Å²) in [6.45, 7) is 0. The Labute approximate surface area is 171 Å². The van der Waals surface area contributed by atoms with Crippen molar-refractivity contribution >= 4 is 23.1 Å². The summed E-state index contributed by atoms with van der Waals surface area (Å²) in [5.74, 6) is 1.89. The lowest BCUT2D eigenvalue weighted by molar-refractivity contribution is -0.646. The van der Waals surface area contributed by atoms with E-state index in [4.69, 9.17) is 14.2 Å². The molecule has 0 unspecified atom stereocenters. The Morgan fingerprint density at radius 2 is 1.50 bits per heavy atom. The Hall–Kier alpha value is -2.28. The quantitative estimate of drug-likeness (QED) is 0.416. The van der Waals surface area contributed by atoms with Crippen LogP contribution < -0.4 is 42.8 Å². The minimum atomic E-state index is 0. The van der Waals surface area contributed by atoms with Gasteiger partial charge in [-0.1, -0.05) is 12.1 Å². The van der Waals surface area contributed by atoms with E-state index in [1.54, 1.807) is 21.3 Å². The average molecular weight is 463 g/mol. The van der Waals surface area contributed by atoms with Gasteiger partial charge in [0.1, 0.15) is 7.05 Å². The zero-order valence-electron chi connectivity index (χ0n) is 15.3. The number of aromatic nitrogens is 1. The molecule has 0 aliphatic rings. The summed E-state index contributed by atoms with van der Waals surface area (Å²) >= 11 is 0. The van der Waals surface area contributed by atoms with Crippen LogP contribution in [0.15, 0.2) is 48.5 Å². The van der Waals surface area contributed by atoms with Crippen molar-refractivity contribution in [2.24, 2.45) is 7.05 Å². The molecule has 0 saturated heterocycles. The molecule has 1 heterocycles. The van der Waals surface area contributed by atoms with Crippen LogP contribution in [-0.4, -0.2) is 21.3 Å². The molecule has 0 aliphatic carbocycles. The zero-order chi connectivity index (χ0) is 17.8. The van der Waals surface area contributed by atoms with Gasteiger partial charge in [-0.15, -0.1) is 0 Å². The van der Waals surface area contributed by atoms with Gasteiger partial charge in [0.25, 0.3) is 0 Å². The van der Waals surface area contributed by atoms with Crippen molar-refractivity contribution in [1.82, 2.24) is 0 Å². The lowest BCUT2D eigenvalue weighted by atomic mass is 10.1. The first kappa shape index (κ1) is 20.0. The Morgan fingerprint density at radius 1 is 0.769 bits per heavy atom. The number of rotatable bonds is 5. The summed E-state index contributed by atoms with van der Waals surface area (Å²) in [5.41, 5.74) is 3.20. The molecule has 0 atom stereocenters. The Morgan fingerprint density at radius 3 is 2.19 bits per heavy atom. The zero-order valence-corrected chi connectivity index (χ0v) is 17.5. The van der Waals surface area contributed by atoms with Crippen molar-refractivity contribution in [1.29, 1.82) is 0 Å². The fourth-order valence-corrected chi connectivity index (χ4v) is 2.96. The minimum absolute atomic E-state index is 0. The van der Waals surface area contributed by atoms with E-state index in [-0.39, 0.29) is 24.0 Å². The summed E-state index contributed by atoms with van der Waals surface area (Å²) in [6.07, 6.45) is 4.08. The lowest BCUT2D eigenvalue weighted by Crippen LogP contribution is -3.00. The van der Waals surface area contributed by atoms with Gasteiger partial charge in [-0.25, -0.2) is 0 Å².